The largest absolute Gasteiger partial charge is 0.469 e. The highest BCUT2D eigenvalue weighted by Crippen LogP contribution is 2.10. The van der Waals surface area contributed by atoms with Crippen LogP contribution in [0.1, 0.15) is 25.7 Å². The lowest BCUT2D eigenvalue weighted by atomic mass is 10.2. The summed E-state index contributed by atoms with van der Waals surface area (Å²) in [5.74, 6) is 5.76. The summed E-state index contributed by atoms with van der Waals surface area (Å²) in [5.41, 5.74) is 1.01. The van der Waals surface area contributed by atoms with Gasteiger partial charge in [0.1, 0.15) is 0 Å². The van der Waals surface area contributed by atoms with Crippen LogP contribution in [-0.2, 0) is 9.53 Å². The first-order chi connectivity index (χ1) is 8.24. The number of nitrogens with two attached hydrogens (primary N) is 1. The van der Waals surface area contributed by atoms with Gasteiger partial charge in [-0.05, 0) is 25.0 Å². The van der Waals surface area contributed by atoms with Crippen LogP contribution in [0.4, 0.5) is 5.69 Å². The molecule has 0 radical (unpaired) electrons. The first-order valence-corrected chi connectivity index (χ1v) is 5.88. The first kappa shape index (κ1) is 13.5. The van der Waals surface area contributed by atoms with Crippen molar-refractivity contribution in [2.45, 2.75) is 25.7 Å². The Hall–Kier alpha value is -1.55. The molecule has 0 aliphatic carbocycles. The highest BCUT2D eigenvalue weighted by molar-refractivity contribution is 5.68. The molecule has 1 aromatic rings. The van der Waals surface area contributed by atoms with Gasteiger partial charge in [0.15, 0.2) is 0 Å². The molecule has 0 saturated heterocycles. The minimum Gasteiger partial charge on any atom is -0.469 e. The number of para-hydroxylation sites is 1. The van der Waals surface area contributed by atoms with Gasteiger partial charge in [0.2, 0.25) is 0 Å². The minimum atomic E-state index is -0.141. The number of carbonyl (C=O) groups excluding carboxylic acids is 1. The molecule has 0 atom stereocenters. The fraction of sp³-hybridized carbons (Fsp3) is 0.462. The number of nitrogens with zero attached hydrogens (tertiary/aromatic N) is 1. The van der Waals surface area contributed by atoms with Crippen molar-refractivity contribution in [3.8, 4) is 0 Å². The Labute approximate surface area is 102 Å². The average Bonchev–Trinajstić information content (AvgIpc) is 2.38. The zero-order chi connectivity index (χ0) is 12.5. The summed E-state index contributed by atoms with van der Waals surface area (Å²) in [6, 6.07) is 9.86. The van der Waals surface area contributed by atoms with Crippen molar-refractivity contribution in [3.05, 3.63) is 30.3 Å². The zero-order valence-electron chi connectivity index (χ0n) is 10.3. The lowest BCUT2D eigenvalue weighted by Crippen LogP contribution is -2.31. The van der Waals surface area contributed by atoms with Gasteiger partial charge in [0.25, 0.3) is 0 Å². The van der Waals surface area contributed by atoms with Crippen LogP contribution in [0.15, 0.2) is 30.3 Å². The molecule has 0 amide bonds. The van der Waals surface area contributed by atoms with E-state index in [1.807, 2.05) is 30.3 Å². The van der Waals surface area contributed by atoms with Crippen LogP contribution in [-0.4, -0.2) is 19.6 Å². The van der Waals surface area contributed by atoms with Gasteiger partial charge < -0.3 is 9.75 Å². The lowest BCUT2D eigenvalue weighted by Gasteiger charge is -2.18. The van der Waals surface area contributed by atoms with Gasteiger partial charge in [-0.2, -0.15) is 0 Å². The third-order valence-corrected chi connectivity index (χ3v) is 2.60. The molecular weight excluding hydrogens is 216 g/mol. The SMILES string of the molecule is COC(=O)CCCCCN(N)c1ccccc1. The van der Waals surface area contributed by atoms with E-state index in [0.717, 1.165) is 31.5 Å². The van der Waals surface area contributed by atoms with Gasteiger partial charge in [-0.3, -0.25) is 4.79 Å². The number of benzene rings is 1. The molecule has 1 rings (SSSR count). The average molecular weight is 236 g/mol. The van der Waals surface area contributed by atoms with Crippen LogP contribution >= 0.6 is 0 Å². The number of hydrogen-bond donors (Lipinski definition) is 1. The van der Waals surface area contributed by atoms with Crippen LogP contribution in [0.25, 0.3) is 0 Å². The molecule has 0 saturated carbocycles. The number of rotatable bonds is 7. The zero-order valence-corrected chi connectivity index (χ0v) is 10.3. The van der Waals surface area contributed by atoms with Crippen LogP contribution in [0.5, 0.6) is 0 Å². The van der Waals surface area contributed by atoms with E-state index in [9.17, 15) is 4.79 Å². The molecule has 0 bridgehead atoms. The number of hydrogen-bond acceptors (Lipinski definition) is 4. The van der Waals surface area contributed by atoms with Crippen LogP contribution < -0.4 is 10.9 Å². The van der Waals surface area contributed by atoms with E-state index in [1.54, 1.807) is 5.01 Å². The molecule has 0 spiro atoms. The monoisotopic (exact) mass is 236 g/mol. The number of carbonyl (C=O) groups is 1. The topological polar surface area (TPSA) is 55.6 Å². The molecule has 17 heavy (non-hydrogen) atoms. The van der Waals surface area contributed by atoms with Crippen LogP contribution in [0, 0.1) is 0 Å². The Morgan fingerprint density at radius 1 is 1.24 bits per heavy atom. The second-order valence-electron chi connectivity index (χ2n) is 3.92. The maximum Gasteiger partial charge on any atom is 0.305 e. The molecule has 0 aromatic heterocycles. The van der Waals surface area contributed by atoms with Crippen LogP contribution in [0.3, 0.4) is 0 Å². The van der Waals surface area contributed by atoms with Crippen molar-refractivity contribution in [1.29, 1.82) is 0 Å². The van der Waals surface area contributed by atoms with Gasteiger partial charge in [-0.15, -0.1) is 0 Å². The van der Waals surface area contributed by atoms with Gasteiger partial charge in [-0.25, -0.2) is 5.84 Å². The van der Waals surface area contributed by atoms with E-state index < -0.39 is 0 Å². The molecule has 0 aliphatic rings. The number of esters is 1. The summed E-state index contributed by atoms with van der Waals surface area (Å²) in [5, 5.41) is 1.73. The van der Waals surface area contributed by atoms with E-state index in [2.05, 4.69) is 4.74 Å². The Morgan fingerprint density at radius 2 is 1.94 bits per heavy atom. The summed E-state index contributed by atoms with van der Waals surface area (Å²) in [4.78, 5) is 10.9. The minimum absolute atomic E-state index is 0.141. The quantitative estimate of drug-likeness (QED) is 0.341. The van der Waals surface area contributed by atoms with Crippen molar-refractivity contribution in [3.63, 3.8) is 0 Å². The van der Waals surface area contributed by atoms with Crippen molar-refractivity contribution in [2.75, 3.05) is 18.7 Å². The number of unbranched alkanes of at least 4 members (excludes halogenated alkanes) is 2. The molecular formula is C13H20N2O2. The van der Waals surface area contributed by atoms with E-state index in [1.165, 1.54) is 7.11 Å². The highest BCUT2D eigenvalue weighted by atomic mass is 16.5. The highest BCUT2D eigenvalue weighted by Gasteiger charge is 2.02. The fourth-order valence-corrected chi connectivity index (χ4v) is 1.58. The Bertz CT molecular complexity index is 327. The normalized spacial score (nSPS) is 10.0. The van der Waals surface area contributed by atoms with E-state index in [4.69, 9.17) is 5.84 Å². The fourth-order valence-electron chi connectivity index (χ4n) is 1.58. The third-order valence-electron chi connectivity index (χ3n) is 2.60. The molecule has 4 nitrogen and oxygen atoms in total. The van der Waals surface area contributed by atoms with Crippen molar-refractivity contribution in [1.82, 2.24) is 0 Å². The van der Waals surface area contributed by atoms with Gasteiger partial charge >= 0.3 is 5.97 Å². The summed E-state index contributed by atoms with van der Waals surface area (Å²) >= 11 is 0. The van der Waals surface area contributed by atoms with Gasteiger partial charge in [-0.1, -0.05) is 24.6 Å². The second kappa shape index (κ2) is 7.68. The molecule has 94 valence electrons. The predicted octanol–water partition coefficient (Wildman–Crippen LogP) is 2.10. The number of ether oxygens (including phenoxy) is 1. The summed E-state index contributed by atoms with van der Waals surface area (Å²) in [7, 11) is 1.42. The van der Waals surface area contributed by atoms with E-state index >= 15 is 0 Å². The van der Waals surface area contributed by atoms with Crippen molar-refractivity contribution >= 4 is 11.7 Å². The molecule has 0 heterocycles. The molecule has 1 aromatic carbocycles. The van der Waals surface area contributed by atoms with Gasteiger partial charge in [0.05, 0.1) is 12.8 Å². The molecule has 4 heteroatoms. The molecule has 0 aliphatic heterocycles. The molecule has 0 unspecified atom stereocenters. The van der Waals surface area contributed by atoms with E-state index in [-0.39, 0.29) is 5.97 Å². The van der Waals surface area contributed by atoms with Crippen molar-refractivity contribution < 1.29 is 9.53 Å². The number of methoxy groups -OCH3 is 1. The predicted molar refractivity (Wildman–Crippen MR) is 68.5 cm³/mol. The number of hydrazine groups is 1. The first-order valence-electron chi connectivity index (χ1n) is 5.88. The van der Waals surface area contributed by atoms with Crippen LogP contribution in [0.2, 0.25) is 0 Å². The standard InChI is InChI=1S/C13H20N2O2/c1-17-13(16)10-6-3-7-11-15(14)12-8-4-2-5-9-12/h2,4-5,8-9H,3,6-7,10-11,14H2,1H3. The Morgan fingerprint density at radius 3 is 2.59 bits per heavy atom. The molecule has 2 N–H and O–H groups in total. The lowest BCUT2D eigenvalue weighted by molar-refractivity contribution is -0.140. The second-order valence-corrected chi connectivity index (χ2v) is 3.92. The Kier molecular flexibility index (Phi) is 6.10. The summed E-state index contributed by atoms with van der Waals surface area (Å²) < 4.78 is 4.57. The smallest absolute Gasteiger partial charge is 0.305 e. The van der Waals surface area contributed by atoms with E-state index in [0.29, 0.717) is 6.42 Å². The number of anilines is 1. The maximum absolute atomic E-state index is 10.9. The summed E-state index contributed by atoms with van der Waals surface area (Å²) in [6.07, 6.45) is 3.31. The molecule has 0 fully saturated rings. The van der Waals surface area contributed by atoms with Gasteiger partial charge in [0, 0.05) is 13.0 Å². The van der Waals surface area contributed by atoms with Crippen molar-refractivity contribution in [2.24, 2.45) is 5.84 Å². The maximum atomic E-state index is 10.9. The Balaban J connectivity index is 2.13. The third kappa shape index (κ3) is 5.36. The summed E-state index contributed by atoms with van der Waals surface area (Å²) in [6.45, 7) is 0.797.